The third kappa shape index (κ3) is 3.80. The summed E-state index contributed by atoms with van der Waals surface area (Å²) in [5, 5.41) is 0. The highest BCUT2D eigenvalue weighted by Gasteiger charge is 2.47. The van der Waals surface area contributed by atoms with Gasteiger partial charge in [0.1, 0.15) is 17.7 Å². The van der Waals surface area contributed by atoms with Gasteiger partial charge >= 0.3 is 5.97 Å². The second kappa shape index (κ2) is 8.43. The van der Waals surface area contributed by atoms with Gasteiger partial charge in [-0.2, -0.15) is 0 Å². The maximum Gasteiger partial charge on any atom is 0.302 e. The number of carbonyl (C=O) groups is 1. The SMILES string of the molecule is CC(=O)OC1CCC(C2(CC3c4c(F)ccc(F)c4-c4cncn43)SCCCS2)CC1. The number of benzene rings is 1. The van der Waals surface area contributed by atoms with Crippen molar-refractivity contribution >= 4 is 29.5 Å². The first-order chi connectivity index (χ1) is 15.0. The largest absolute Gasteiger partial charge is 0.463 e. The Morgan fingerprint density at radius 1 is 1.19 bits per heavy atom. The van der Waals surface area contributed by atoms with E-state index < -0.39 is 0 Å². The van der Waals surface area contributed by atoms with Crippen molar-refractivity contribution in [2.24, 2.45) is 5.92 Å². The number of esters is 1. The Morgan fingerprint density at radius 2 is 1.90 bits per heavy atom. The molecule has 0 radical (unpaired) electrons. The van der Waals surface area contributed by atoms with Crippen LogP contribution in [0.3, 0.4) is 0 Å². The highest BCUT2D eigenvalue weighted by atomic mass is 32.2. The van der Waals surface area contributed by atoms with Gasteiger partial charge in [0.2, 0.25) is 0 Å². The van der Waals surface area contributed by atoms with E-state index in [-0.39, 0.29) is 33.8 Å². The number of hydrogen-bond donors (Lipinski definition) is 0. The van der Waals surface area contributed by atoms with Crippen LogP contribution in [0, 0.1) is 17.6 Å². The van der Waals surface area contributed by atoms with Crippen LogP contribution >= 0.6 is 23.5 Å². The van der Waals surface area contributed by atoms with E-state index in [9.17, 15) is 13.6 Å². The highest BCUT2D eigenvalue weighted by molar-refractivity contribution is 8.18. The van der Waals surface area contributed by atoms with E-state index in [1.807, 2.05) is 28.1 Å². The number of aromatic nitrogens is 2. The Bertz CT molecular complexity index is 982. The minimum Gasteiger partial charge on any atom is -0.463 e. The first-order valence-electron chi connectivity index (χ1n) is 10.9. The quantitative estimate of drug-likeness (QED) is 0.534. The lowest BCUT2D eigenvalue weighted by Gasteiger charge is -2.46. The van der Waals surface area contributed by atoms with E-state index in [2.05, 4.69) is 4.98 Å². The molecule has 1 saturated heterocycles. The zero-order valence-electron chi connectivity index (χ0n) is 17.5. The molecule has 1 saturated carbocycles. The van der Waals surface area contributed by atoms with Gasteiger partial charge in [-0.3, -0.25) is 4.79 Å². The molecule has 2 aromatic rings. The number of rotatable bonds is 4. The van der Waals surface area contributed by atoms with Crippen molar-refractivity contribution in [2.75, 3.05) is 11.5 Å². The van der Waals surface area contributed by atoms with Gasteiger partial charge in [-0.1, -0.05) is 0 Å². The van der Waals surface area contributed by atoms with Crippen LogP contribution in [-0.2, 0) is 9.53 Å². The fourth-order valence-corrected chi connectivity index (χ4v) is 9.25. The van der Waals surface area contributed by atoms with E-state index in [1.54, 1.807) is 12.5 Å². The van der Waals surface area contributed by atoms with Gasteiger partial charge in [0.05, 0.1) is 28.3 Å². The molecule has 1 aromatic carbocycles. The molecule has 0 bridgehead atoms. The van der Waals surface area contributed by atoms with Crippen molar-refractivity contribution in [1.82, 2.24) is 9.55 Å². The summed E-state index contributed by atoms with van der Waals surface area (Å²) in [7, 11) is 0. The minimum atomic E-state index is -0.388. The van der Waals surface area contributed by atoms with E-state index >= 15 is 0 Å². The molecule has 0 amide bonds. The van der Waals surface area contributed by atoms with Crippen molar-refractivity contribution in [3.8, 4) is 11.3 Å². The van der Waals surface area contributed by atoms with Crippen molar-refractivity contribution < 1.29 is 18.3 Å². The smallest absolute Gasteiger partial charge is 0.302 e. The molecule has 166 valence electrons. The highest BCUT2D eigenvalue weighted by Crippen LogP contribution is 2.58. The number of ether oxygens (including phenoxy) is 1. The van der Waals surface area contributed by atoms with Gasteiger partial charge in [-0.25, -0.2) is 13.8 Å². The summed E-state index contributed by atoms with van der Waals surface area (Å²) in [5.74, 6) is 1.66. The van der Waals surface area contributed by atoms with Crippen LogP contribution < -0.4 is 0 Å². The van der Waals surface area contributed by atoms with Crippen LogP contribution in [-0.4, -0.2) is 37.2 Å². The Balaban J connectivity index is 1.46. The fourth-order valence-electron chi connectivity index (χ4n) is 5.48. The molecule has 3 aliphatic rings. The van der Waals surface area contributed by atoms with Crippen molar-refractivity contribution in [3.63, 3.8) is 0 Å². The molecule has 31 heavy (non-hydrogen) atoms. The summed E-state index contributed by atoms with van der Waals surface area (Å²) < 4.78 is 37.1. The Labute approximate surface area is 189 Å². The predicted molar refractivity (Wildman–Crippen MR) is 120 cm³/mol. The lowest BCUT2D eigenvalue weighted by molar-refractivity contribution is -0.148. The molecule has 8 heteroatoms. The molecule has 1 aliphatic carbocycles. The third-order valence-corrected chi connectivity index (χ3v) is 10.5. The van der Waals surface area contributed by atoms with Gasteiger partial charge in [0.15, 0.2) is 0 Å². The summed E-state index contributed by atoms with van der Waals surface area (Å²) >= 11 is 3.97. The number of nitrogens with zero attached hydrogens (tertiary/aromatic N) is 2. The average molecular weight is 465 g/mol. The van der Waals surface area contributed by atoms with Crippen LogP contribution in [0.1, 0.15) is 57.1 Å². The number of imidazole rings is 1. The lowest BCUT2D eigenvalue weighted by atomic mass is 9.82. The van der Waals surface area contributed by atoms with Crippen LogP contribution in [0.4, 0.5) is 8.78 Å². The number of halogens is 2. The monoisotopic (exact) mass is 464 g/mol. The first-order valence-corrected chi connectivity index (χ1v) is 12.9. The second-order valence-corrected chi connectivity index (χ2v) is 11.8. The zero-order chi connectivity index (χ0) is 21.6. The molecular formula is C23H26F2N2O2S2. The van der Waals surface area contributed by atoms with E-state index in [0.29, 0.717) is 22.7 Å². The molecule has 5 rings (SSSR count). The predicted octanol–water partition coefficient (Wildman–Crippen LogP) is 5.81. The van der Waals surface area contributed by atoms with Gasteiger partial charge in [0, 0.05) is 18.1 Å². The molecule has 1 unspecified atom stereocenters. The van der Waals surface area contributed by atoms with Crippen LogP contribution in [0.15, 0.2) is 24.7 Å². The van der Waals surface area contributed by atoms with Gasteiger partial charge in [-0.05, 0) is 68.1 Å². The van der Waals surface area contributed by atoms with Crippen molar-refractivity contribution in [1.29, 1.82) is 0 Å². The Kier molecular flexibility index (Phi) is 5.79. The molecule has 3 heterocycles. The number of fused-ring (bicyclic) bond motifs is 3. The molecule has 2 fully saturated rings. The molecule has 0 N–H and O–H groups in total. The summed E-state index contributed by atoms with van der Waals surface area (Å²) in [6.07, 6.45) is 8.97. The summed E-state index contributed by atoms with van der Waals surface area (Å²) in [5.41, 5.74) is 1.50. The van der Waals surface area contributed by atoms with Gasteiger partial charge in [-0.15, -0.1) is 23.5 Å². The normalized spacial score (nSPS) is 26.9. The summed E-state index contributed by atoms with van der Waals surface area (Å²) in [4.78, 5) is 15.6. The lowest BCUT2D eigenvalue weighted by Crippen LogP contribution is -2.40. The molecule has 1 atom stereocenters. The zero-order valence-corrected chi connectivity index (χ0v) is 19.1. The van der Waals surface area contributed by atoms with Gasteiger partial charge in [0.25, 0.3) is 0 Å². The van der Waals surface area contributed by atoms with E-state index in [0.717, 1.165) is 43.6 Å². The number of thioether (sulfide) groups is 2. The van der Waals surface area contributed by atoms with Gasteiger partial charge < -0.3 is 9.30 Å². The minimum absolute atomic E-state index is 0.00314. The van der Waals surface area contributed by atoms with E-state index in [1.165, 1.54) is 25.5 Å². The molecular weight excluding hydrogens is 438 g/mol. The topological polar surface area (TPSA) is 44.1 Å². The summed E-state index contributed by atoms with van der Waals surface area (Å²) in [6, 6.07) is 2.20. The molecule has 4 nitrogen and oxygen atoms in total. The Morgan fingerprint density at radius 3 is 2.61 bits per heavy atom. The number of hydrogen-bond acceptors (Lipinski definition) is 5. The second-order valence-electron chi connectivity index (χ2n) is 8.67. The molecule has 0 spiro atoms. The van der Waals surface area contributed by atoms with Crippen molar-refractivity contribution in [2.45, 2.75) is 61.7 Å². The molecule has 1 aromatic heterocycles. The van der Waals surface area contributed by atoms with Crippen LogP contribution in [0.2, 0.25) is 0 Å². The standard InChI is InChI=1S/C23H26F2N2O2S2/c1-14(28)29-16-5-3-15(4-6-16)23(30-9-2-10-31-23)11-19-21-17(24)7-8-18(25)22(21)20-12-26-13-27(19)20/h7-8,12-13,15-16,19H,2-6,9-11H2,1H3. The van der Waals surface area contributed by atoms with Crippen molar-refractivity contribution in [3.05, 3.63) is 41.9 Å². The Hall–Kier alpha value is -1.54. The molecule has 2 aliphatic heterocycles. The van der Waals surface area contributed by atoms with Crippen LogP contribution in [0.5, 0.6) is 0 Å². The number of carbonyl (C=O) groups excluding carboxylic acids is 1. The summed E-state index contributed by atoms with van der Waals surface area (Å²) in [6.45, 7) is 1.47. The average Bonchev–Trinajstić information content (AvgIpc) is 3.34. The third-order valence-electron chi connectivity index (χ3n) is 6.82. The first kappa shape index (κ1) is 21.3. The maximum atomic E-state index is 15.0. The van der Waals surface area contributed by atoms with Crippen LogP contribution in [0.25, 0.3) is 11.3 Å². The maximum absolute atomic E-state index is 15.0. The van der Waals surface area contributed by atoms with E-state index in [4.69, 9.17) is 4.74 Å². The fraction of sp³-hybridized carbons (Fsp3) is 0.565.